The molecule has 0 aromatic rings. The smallest absolute Gasteiger partial charge is 0.00766 e. The molecule has 0 heterocycles. The number of nitrogens with one attached hydrogen (secondary N) is 2. The van der Waals surface area contributed by atoms with Crippen molar-refractivity contribution in [1.82, 2.24) is 10.6 Å². The van der Waals surface area contributed by atoms with Crippen LogP contribution in [0.4, 0.5) is 0 Å². The van der Waals surface area contributed by atoms with Crippen LogP contribution in [0.5, 0.6) is 0 Å². The Labute approximate surface area is 146 Å². The maximum Gasteiger partial charge on any atom is 0.00766 e. The van der Waals surface area contributed by atoms with Gasteiger partial charge in [-0.2, -0.15) is 0 Å². The van der Waals surface area contributed by atoms with Crippen LogP contribution in [0.15, 0.2) is 12.2 Å². The molecule has 2 nitrogen and oxygen atoms in total. The molecule has 0 saturated heterocycles. The van der Waals surface area contributed by atoms with E-state index in [1.54, 1.807) is 0 Å². The van der Waals surface area contributed by atoms with Crippen molar-refractivity contribution in [2.45, 2.75) is 96.8 Å². The molecule has 0 aliphatic heterocycles. The molecule has 0 unspecified atom stereocenters. The van der Waals surface area contributed by atoms with Gasteiger partial charge in [0.15, 0.2) is 0 Å². The normalized spacial score (nSPS) is 11.6. The summed E-state index contributed by atoms with van der Waals surface area (Å²) < 4.78 is 0. The minimum Gasteiger partial charge on any atom is -0.318 e. The van der Waals surface area contributed by atoms with Crippen molar-refractivity contribution in [2.75, 3.05) is 26.7 Å². The molecule has 0 amide bonds. The molecule has 0 aliphatic rings. The Bertz CT molecular complexity index is 226. The van der Waals surface area contributed by atoms with E-state index in [0.29, 0.717) is 0 Å². The van der Waals surface area contributed by atoms with Crippen LogP contribution in [-0.2, 0) is 0 Å². The summed E-state index contributed by atoms with van der Waals surface area (Å²) in [6.45, 7) is 5.64. The lowest BCUT2D eigenvalue weighted by molar-refractivity contribution is 0.562. The molecule has 2 heteroatoms. The Morgan fingerprint density at radius 1 is 0.565 bits per heavy atom. The van der Waals surface area contributed by atoms with E-state index in [0.717, 1.165) is 13.1 Å². The molecule has 0 spiro atoms. The fraction of sp³-hybridized carbons (Fsp3) is 0.905. The molecule has 0 bridgehead atoms. The van der Waals surface area contributed by atoms with Crippen LogP contribution in [0.25, 0.3) is 0 Å². The molecule has 2 N–H and O–H groups in total. The van der Waals surface area contributed by atoms with Gasteiger partial charge in [-0.3, -0.25) is 0 Å². The Morgan fingerprint density at radius 2 is 1.09 bits per heavy atom. The van der Waals surface area contributed by atoms with Gasteiger partial charge in [0.05, 0.1) is 0 Å². The number of rotatable bonds is 19. The zero-order valence-electron chi connectivity index (χ0n) is 16.2. The van der Waals surface area contributed by atoms with Gasteiger partial charge in [-0.15, -0.1) is 0 Å². The second-order valence-electron chi connectivity index (χ2n) is 6.79. The van der Waals surface area contributed by atoms with Crippen molar-refractivity contribution in [1.29, 1.82) is 0 Å². The predicted octanol–water partition coefficient (Wildman–Crippen LogP) is 5.83. The summed E-state index contributed by atoms with van der Waals surface area (Å²) in [6, 6.07) is 0. The van der Waals surface area contributed by atoms with Gasteiger partial charge >= 0.3 is 0 Å². The van der Waals surface area contributed by atoms with E-state index >= 15 is 0 Å². The largest absolute Gasteiger partial charge is 0.318 e. The minimum atomic E-state index is 1.08. The average Bonchev–Trinajstić information content (AvgIpc) is 2.57. The molecule has 23 heavy (non-hydrogen) atoms. The molecular weight excluding hydrogens is 280 g/mol. The summed E-state index contributed by atoms with van der Waals surface area (Å²) in [7, 11) is 2.01. The maximum atomic E-state index is 3.46. The second-order valence-corrected chi connectivity index (χ2v) is 6.79. The number of likely N-dealkylation sites (N-methyl/N-ethyl adjacent to an activating group) is 1. The van der Waals surface area contributed by atoms with E-state index in [4.69, 9.17) is 0 Å². The van der Waals surface area contributed by atoms with E-state index in [-0.39, 0.29) is 0 Å². The molecule has 0 aromatic heterocycles. The van der Waals surface area contributed by atoms with Crippen LogP contribution in [0.2, 0.25) is 0 Å². The summed E-state index contributed by atoms with van der Waals surface area (Å²) in [5.74, 6) is 0. The van der Waals surface area contributed by atoms with Crippen molar-refractivity contribution < 1.29 is 0 Å². The van der Waals surface area contributed by atoms with E-state index in [1.165, 1.54) is 96.4 Å². The lowest BCUT2D eigenvalue weighted by atomic mass is 10.1. The predicted molar refractivity (Wildman–Crippen MR) is 106 cm³/mol. The fourth-order valence-electron chi connectivity index (χ4n) is 2.84. The molecule has 0 rings (SSSR count). The number of allylic oxidation sites excluding steroid dienone is 2. The SMILES string of the molecule is CCCCCCCC/C=C\CCCCCCCCNCCNC. The van der Waals surface area contributed by atoms with Gasteiger partial charge in [0.25, 0.3) is 0 Å². The first kappa shape index (κ1) is 22.7. The monoisotopic (exact) mass is 324 g/mol. The highest BCUT2D eigenvalue weighted by Crippen LogP contribution is 2.09. The van der Waals surface area contributed by atoms with Crippen LogP contribution in [0.1, 0.15) is 96.8 Å². The topological polar surface area (TPSA) is 24.1 Å². The fourth-order valence-corrected chi connectivity index (χ4v) is 2.84. The Kier molecular flexibility index (Phi) is 21.3. The van der Waals surface area contributed by atoms with Crippen LogP contribution in [0.3, 0.4) is 0 Å². The molecule has 0 radical (unpaired) electrons. The summed E-state index contributed by atoms with van der Waals surface area (Å²) >= 11 is 0. The first-order valence-electron chi connectivity index (χ1n) is 10.4. The second kappa shape index (κ2) is 21.7. The number of hydrogen-bond donors (Lipinski definition) is 2. The molecule has 138 valence electrons. The van der Waals surface area contributed by atoms with E-state index in [1.807, 2.05) is 7.05 Å². The number of unbranched alkanes of at least 4 members (excludes halogenated alkanes) is 12. The van der Waals surface area contributed by atoms with Gasteiger partial charge in [0.2, 0.25) is 0 Å². The van der Waals surface area contributed by atoms with Crippen LogP contribution in [-0.4, -0.2) is 26.7 Å². The van der Waals surface area contributed by atoms with E-state index < -0.39 is 0 Å². The van der Waals surface area contributed by atoms with E-state index in [2.05, 4.69) is 29.7 Å². The molecule has 0 atom stereocenters. The van der Waals surface area contributed by atoms with Crippen molar-refractivity contribution in [3.63, 3.8) is 0 Å². The highest BCUT2D eigenvalue weighted by Gasteiger charge is 1.92. The maximum absolute atomic E-state index is 3.46. The van der Waals surface area contributed by atoms with Crippen molar-refractivity contribution in [3.8, 4) is 0 Å². The zero-order chi connectivity index (χ0) is 16.8. The van der Waals surface area contributed by atoms with Crippen LogP contribution >= 0.6 is 0 Å². The first-order chi connectivity index (χ1) is 11.4. The number of hydrogen-bond acceptors (Lipinski definition) is 2. The Balaban J connectivity index is 3.02. The van der Waals surface area contributed by atoms with Crippen molar-refractivity contribution in [2.24, 2.45) is 0 Å². The van der Waals surface area contributed by atoms with Gasteiger partial charge < -0.3 is 10.6 Å². The summed E-state index contributed by atoms with van der Waals surface area (Å²) in [6.07, 6.45) is 24.2. The highest BCUT2D eigenvalue weighted by molar-refractivity contribution is 4.81. The van der Waals surface area contributed by atoms with Crippen molar-refractivity contribution >= 4 is 0 Å². The quantitative estimate of drug-likeness (QED) is 0.231. The summed E-state index contributed by atoms with van der Waals surface area (Å²) in [5.41, 5.74) is 0. The first-order valence-corrected chi connectivity index (χ1v) is 10.4. The average molecular weight is 325 g/mol. The summed E-state index contributed by atoms with van der Waals surface area (Å²) in [4.78, 5) is 0. The lowest BCUT2D eigenvalue weighted by Crippen LogP contribution is -2.25. The lowest BCUT2D eigenvalue weighted by Gasteiger charge is -2.04. The molecule has 0 aliphatic carbocycles. The minimum absolute atomic E-state index is 1.08. The van der Waals surface area contributed by atoms with Gasteiger partial charge in [-0.1, -0.05) is 76.9 Å². The van der Waals surface area contributed by atoms with Crippen LogP contribution < -0.4 is 10.6 Å². The molecular formula is C21H44N2. The molecule has 0 saturated carbocycles. The van der Waals surface area contributed by atoms with Gasteiger partial charge in [-0.25, -0.2) is 0 Å². The van der Waals surface area contributed by atoms with Gasteiger partial charge in [0, 0.05) is 13.1 Å². The standard InChI is InChI=1S/C21H44N2/c1-3-4-5-6-7-8-9-10-11-12-13-14-15-16-17-18-19-23-21-20-22-2/h10-11,22-23H,3-9,12-21H2,1-2H3/b11-10-. The summed E-state index contributed by atoms with van der Waals surface area (Å²) in [5, 5.41) is 6.62. The van der Waals surface area contributed by atoms with E-state index in [9.17, 15) is 0 Å². The Morgan fingerprint density at radius 3 is 1.65 bits per heavy atom. The van der Waals surface area contributed by atoms with Gasteiger partial charge in [0.1, 0.15) is 0 Å². The third kappa shape index (κ3) is 21.7. The Hall–Kier alpha value is -0.340. The molecule has 0 aromatic carbocycles. The van der Waals surface area contributed by atoms with Gasteiger partial charge in [-0.05, 0) is 45.7 Å². The zero-order valence-corrected chi connectivity index (χ0v) is 16.2. The van der Waals surface area contributed by atoms with Crippen molar-refractivity contribution in [3.05, 3.63) is 12.2 Å². The third-order valence-corrected chi connectivity index (χ3v) is 4.42. The highest BCUT2D eigenvalue weighted by atomic mass is 14.9. The third-order valence-electron chi connectivity index (χ3n) is 4.42. The van der Waals surface area contributed by atoms with Crippen LogP contribution in [0, 0.1) is 0 Å². The molecule has 0 fully saturated rings.